The molecule has 0 aliphatic heterocycles. The van der Waals surface area contributed by atoms with Crippen molar-refractivity contribution in [3.05, 3.63) is 22.8 Å². The number of rotatable bonds is 7. The fourth-order valence-corrected chi connectivity index (χ4v) is 2.70. The van der Waals surface area contributed by atoms with Crippen molar-refractivity contribution < 1.29 is 4.74 Å². The first-order valence-corrected chi connectivity index (χ1v) is 7.72. The van der Waals surface area contributed by atoms with Gasteiger partial charge >= 0.3 is 0 Å². The van der Waals surface area contributed by atoms with Crippen molar-refractivity contribution in [1.82, 2.24) is 15.3 Å². The van der Waals surface area contributed by atoms with Gasteiger partial charge in [0.15, 0.2) is 5.82 Å². The van der Waals surface area contributed by atoms with Crippen LogP contribution < -0.4 is 5.32 Å². The highest BCUT2D eigenvalue weighted by atomic mass is 16.5. The molecular formula is C16H27N3O. The molecule has 1 N–H and O–H groups in total. The van der Waals surface area contributed by atoms with Crippen molar-refractivity contribution in [3.63, 3.8) is 0 Å². The minimum Gasteiger partial charge on any atom is -0.371 e. The fourth-order valence-electron chi connectivity index (χ4n) is 2.70. The van der Waals surface area contributed by atoms with Crippen molar-refractivity contribution in [2.24, 2.45) is 0 Å². The molecule has 1 aliphatic rings. The topological polar surface area (TPSA) is 47.0 Å². The second kappa shape index (κ2) is 6.64. The highest BCUT2D eigenvalue weighted by Gasteiger charge is 2.23. The Kier molecular flexibility index (Phi) is 5.11. The Bertz CT molecular complexity index is 434. The van der Waals surface area contributed by atoms with Crippen molar-refractivity contribution >= 4 is 0 Å². The van der Waals surface area contributed by atoms with E-state index in [4.69, 9.17) is 4.74 Å². The molecule has 0 aromatic carbocycles. The average Bonchev–Trinajstić information content (AvgIpc) is 3.19. The van der Waals surface area contributed by atoms with Gasteiger partial charge in [0.2, 0.25) is 0 Å². The Balaban J connectivity index is 2.12. The van der Waals surface area contributed by atoms with Gasteiger partial charge in [-0.05, 0) is 52.0 Å². The normalized spacial score (nSPS) is 18.1. The molecule has 20 heavy (non-hydrogen) atoms. The Hall–Kier alpha value is -1.00. The summed E-state index contributed by atoms with van der Waals surface area (Å²) in [6.07, 6.45) is 2.61. The maximum Gasteiger partial charge on any atom is 0.157 e. The van der Waals surface area contributed by atoms with Crippen LogP contribution in [0.5, 0.6) is 0 Å². The lowest BCUT2D eigenvalue weighted by Gasteiger charge is -2.19. The molecule has 0 spiro atoms. The molecule has 1 saturated carbocycles. The second-order valence-corrected chi connectivity index (χ2v) is 5.85. The fraction of sp³-hybridized carbons (Fsp3) is 0.750. The molecule has 1 heterocycles. The van der Waals surface area contributed by atoms with Crippen LogP contribution >= 0.6 is 0 Å². The van der Waals surface area contributed by atoms with Gasteiger partial charge in [-0.15, -0.1) is 0 Å². The van der Waals surface area contributed by atoms with E-state index < -0.39 is 0 Å². The van der Waals surface area contributed by atoms with Crippen LogP contribution in [0.4, 0.5) is 0 Å². The predicted molar refractivity (Wildman–Crippen MR) is 81.0 cm³/mol. The number of aryl methyl sites for hydroxylation is 2. The van der Waals surface area contributed by atoms with Crippen LogP contribution in [0.1, 0.15) is 68.4 Å². The smallest absolute Gasteiger partial charge is 0.157 e. The highest BCUT2D eigenvalue weighted by molar-refractivity contribution is 5.28. The lowest BCUT2D eigenvalue weighted by molar-refractivity contribution is 0.0697. The third-order valence-electron chi connectivity index (χ3n) is 3.91. The van der Waals surface area contributed by atoms with E-state index in [2.05, 4.69) is 36.1 Å². The molecule has 112 valence electrons. The second-order valence-electron chi connectivity index (χ2n) is 5.85. The molecule has 1 fully saturated rings. The van der Waals surface area contributed by atoms with E-state index in [0.29, 0.717) is 12.5 Å². The van der Waals surface area contributed by atoms with E-state index in [1.807, 2.05) is 13.8 Å². The molecule has 1 aliphatic carbocycles. The monoisotopic (exact) mass is 277 g/mol. The van der Waals surface area contributed by atoms with Crippen LogP contribution in [0, 0.1) is 13.8 Å². The van der Waals surface area contributed by atoms with Crippen molar-refractivity contribution in [2.45, 2.75) is 65.5 Å². The van der Waals surface area contributed by atoms with Crippen LogP contribution in [0.25, 0.3) is 0 Å². The van der Waals surface area contributed by atoms with Gasteiger partial charge < -0.3 is 10.1 Å². The average molecular weight is 277 g/mol. The molecule has 4 heteroatoms. The van der Waals surface area contributed by atoms with E-state index in [9.17, 15) is 0 Å². The highest BCUT2D eigenvalue weighted by Crippen LogP contribution is 2.25. The Labute approximate surface area is 122 Å². The van der Waals surface area contributed by atoms with Gasteiger partial charge in [0.25, 0.3) is 0 Å². The van der Waals surface area contributed by atoms with E-state index >= 15 is 0 Å². The summed E-state index contributed by atoms with van der Waals surface area (Å²) >= 11 is 0. The van der Waals surface area contributed by atoms with Crippen LogP contribution in [0.3, 0.4) is 0 Å². The summed E-state index contributed by atoms with van der Waals surface area (Å²) in [7, 11) is 0. The molecule has 2 unspecified atom stereocenters. The van der Waals surface area contributed by atoms with Gasteiger partial charge in [0.1, 0.15) is 6.10 Å². The largest absolute Gasteiger partial charge is 0.371 e. The Morgan fingerprint density at radius 2 is 1.80 bits per heavy atom. The summed E-state index contributed by atoms with van der Waals surface area (Å²) in [5, 5.41) is 3.59. The molecule has 0 radical (unpaired) electrons. The van der Waals surface area contributed by atoms with Gasteiger partial charge in [-0.2, -0.15) is 0 Å². The molecule has 0 bridgehead atoms. The summed E-state index contributed by atoms with van der Waals surface area (Å²) < 4.78 is 5.59. The van der Waals surface area contributed by atoms with E-state index in [0.717, 1.165) is 29.8 Å². The van der Waals surface area contributed by atoms with Gasteiger partial charge in [0.05, 0.1) is 0 Å². The molecule has 1 aromatic heterocycles. The first kappa shape index (κ1) is 15.4. The van der Waals surface area contributed by atoms with Crippen molar-refractivity contribution in [2.75, 3.05) is 13.2 Å². The van der Waals surface area contributed by atoms with Crippen LogP contribution in [0.2, 0.25) is 0 Å². The summed E-state index contributed by atoms with van der Waals surface area (Å²) in [4.78, 5) is 9.30. The SMILES string of the molecule is CCOC(C)c1nc(C)c(C(C)CNC2CC2)c(C)n1. The van der Waals surface area contributed by atoms with Gasteiger partial charge in [0, 0.05) is 30.6 Å². The zero-order chi connectivity index (χ0) is 14.7. The number of ether oxygens (including phenoxy) is 1. The molecular weight excluding hydrogens is 250 g/mol. The lowest BCUT2D eigenvalue weighted by Crippen LogP contribution is -2.24. The molecule has 2 rings (SSSR count). The number of hydrogen-bond acceptors (Lipinski definition) is 4. The molecule has 2 atom stereocenters. The van der Waals surface area contributed by atoms with E-state index in [1.54, 1.807) is 0 Å². The van der Waals surface area contributed by atoms with Crippen LogP contribution in [-0.2, 0) is 4.74 Å². The Morgan fingerprint density at radius 3 is 2.30 bits per heavy atom. The Morgan fingerprint density at radius 1 is 1.20 bits per heavy atom. The van der Waals surface area contributed by atoms with Gasteiger partial charge in [-0.1, -0.05) is 6.92 Å². The number of aromatic nitrogens is 2. The van der Waals surface area contributed by atoms with Gasteiger partial charge in [-0.3, -0.25) is 0 Å². The first-order chi connectivity index (χ1) is 9.52. The summed E-state index contributed by atoms with van der Waals surface area (Å²) in [6, 6.07) is 0.747. The molecule has 0 amide bonds. The predicted octanol–water partition coefficient (Wildman–Crippen LogP) is 3.05. The maximum absolute atomic E-state index is 5.59. The number of hydrogen-bond donors (Lipinski definition) is 1. The zero-order valence-corrected chi connectivity index (χ0v) is 13.4. The van der Waals surface area contributed by atoms with Crippen molar-refractivity contribution in [1.29, 1.82) is 0 Å². The standard InChI is InChI=1S/C16H27N3O/c1-6-20-13(5)16-18-11(3)15(12(4)19-16)10(2)9-17-14-7-8-14/h10,13-14,17H,6-9H2,1-5H3. The van der Waals surface area contributed by atoms with Crippen LogP contribution in [0.15, 0.2) is 0 Å². The summed E-state index contributed by atoms with van der Waals surface area (Å²) in [5.41, 5.74) is 3.46. The summed E-state index contributed by atoms with van der Waals surface area (Å²) in [5.74, 6) is 1.25. The van der Waals surface area contributed by atoms with E-state index in [1.165, 1.54) is 18.4 Å². The lowest BCUT2D eigenvalue weighted by atomic mass is 9.98. The minimum absolute atomic E-state index is 0.0358. The maximum atomic E-state index is 5.59. The first-order valence-electron chi connectivity index (χ1n) is 7.72. The zero-order valence-electron chi connectivity index (χ0n) is 13.4. The van der Waals surface area contributed by atoms with Crippen LogP contribution in [-0.4, -0.2) is 29.2 Å². The molecule has 0 saturated heterocycles. The summed E-state index contributed by atoms with van der Waals surface area (Å²) in [6.45, 7) is 12.1. The number of nitrogens with zero attached hydrogens (tertiary/aromatic N) is 2. The van der Waals surface area contributed by atoms with Crippen molar-refractivity contribution in [3.8, 4) is 0 Å². The number of nitrogens with one attached hydrogen (secondary N) is 1. The van der Waals surface area contributed by atoms with Gasteiger partial charge in [-0.25, -0.2) is 9.97 Å². The quantitative estimate of drug-likeness (QED) is 0.832. The molecule has 4 nitrogen and oxygen atoms in total. The molecule has 1 aromatic rings. The minimum atomic E-state index is -0.0358. The van der Waals surface area contributed by atoms with E-state index in [-0.39, 0.29) is 6.10 Å². The third kappa shape index (κ3) is 3.76. The third-order valence-corrected chi connectivity index (χ3v) is 3.91.